The van der Waals surface area contributed by atoms with Crippen LogP contribution < -0.4 is 0 Å². The van der Waals surface area contributed by atoms with Crippen molar-refractivity contribution in [1.82, 2.24) is 24.6 Å². The van der Waals surface area contributed by atoms with Gasteiger partial charge in [-0.2, -0.15) is 0 Å². The second kappa shape index (κ2) is 8.78. The molecule has 7 nitrogen and oxygen atoms in total. The summed E-state index contributed by atoms with van der Waals surface area (Å²) in [7, 11) is 0. The Labute approximate surface area is 171 Å². The van der Waals surface area contributed by atoms with Crippen LogP contribution in [0.15, 0.2) is 5.38 Å². The standard InChI is InChI=1S/C20H31N5O2S/c1-16-21-18(15-28-16)14-22-9-11-23(12-10-22)19(26)17-5-4-8-25(13-17)20(27)24-6-2-3-7-24/h15,17H,2-14H2,1H3. The van der Waals surface area contributed by atoms with E-state index in [-0.39, 0.29) is 17.9 Å². The minimum absolute atomic E-state index is 0.0342. The number of rotatable bonds is 3. The molecule has 8 heteroatoms. The molecule has 0 aromatic carbocycles. The van der Waals surface area contributed by atoms with Gasteiger partial charge in [0.05, 0.1) is 16.6 Å². The normalized spacial score (nSPS) is 24.0. The van der Waals surface area contributed by atoms with E-state index < -0.39 is 0 Å². The van der Waals surface area contributed by atoms with Gasteiger partial charge in [-0.05, 0) is 32.6 Å². The second-order valence-corrected chi connectivity index (χ2v) is 9.28. The summed E-state index contributed by atoms with van der Waals surface area (Å²) in [6.45, 7) is 9.36. The number of hydrogen-bond acceptors (Lipinski definition) is 5. The van der Waals surface area contributed by atoms with E-state index >= 15 is 0 Å². The fourth-order valence-electron chi connectivity index (χ4n) is 4.56. The van der Waals surface area contributed by atoms with Gasteiger partial charge in [0, 0.05) is 64.3 Å². The lowest BCUT2D eigenvalue weighted by molar-refractivity contribution is -0.138. The van der Waals surface area contributed by atoms with E-state index in [0.717, 1.165) is 88.7 Å². The molecular formula is C20H31N5O2S. The van der Waals surface area contributed by atoms with Crippen LogP contribution in [-0.2, 0) is 11.3 Å². The van der Waals surface area contributed by atoms with Gasteiger partial charge < -0.3 is 14.7 Å². The van der Waals surface area contributed by atoms with Crippen LogP contribution in [0.25, 0.3) is 0 Å². The number of carbonyl (C=O) groups is 2. The van der Waals surface area contributed by atoms with Gasteiger partial charge in [0.1, 0.15) is 0 Å². The van der Waals surface area contributed by atoms with Gasteiger partial charge in [-0.15, -0.1) is 11.3 Å². The Morgan fingerprint density at radius 2 is 1.71 bits per heavy atom. The van der Waals surface area contributed by atoms with Crippen LogP contribution in [0.3, 0.4) is 0 Å². The molecule has 0 radical (unpaired) electrons. The van der Waals surface area contributed by atoms with E-state index in [0.29, 0.717) is 6.54 Å². The van der Waals surface area contributed by atoms with Gasteiger partial charge in [-0.1, -0.05) is 0 Å². The second-order valence-electron chi connectivity index (χ2n) is 8.22. The molecule has 3 saturated heterocycles. The fraction of sp³-hybridized carbons (Fsp3) is 0.750. The number of nitrogens with zero attached hydrogens (tertiary/aromatic N) is 5. The van der Waals surface area contributed by atoms with Gasteiger partial charge in [-0.3, -0.25) is 9.69 Å². The molecule has 28 heavy (non-hydrogen) atoms. The lowest BCUT2D eigenvalue weighted by Crippen LogP contribution is -2.54. The maximum absolute atomic E-state index is 13.1. The van der Waals surface area contributed by atoms with Gasteiger partial charge >= 0.3 is 6.03 Å². The number of piperidine rings is 1. The van der Waals surface area contributed by atoms with E-state index in [9.17, 15) is 9.59 Å². The summed E-state index contributed by atoms with van der Waals surface area (Å²) >= 11 is 1.69. The van der Waals surface area contributed by atoms with Crippen LogP contribution in [0.4, 0.5) is 4.79 Å². The Bertz CT molecular complexity index is 695. The Kier molecular flexibility index (Phi) is 6.16. The summed E-state index contributed by atoms with van der Waals surface area (Å²) in [6, 6.07) is 0.137. The van der Waals surface area contributed by atoms with Crippen molar-refractivity contribution >= 4 is 23.3 Å². The van der Waals surface area contributed by atoms with Crippen LogP contribution in [0.1, 0.15) is 36.4 Å². The third-order valence-electron chi connectivity index (χ3n) is 6.15. The molecule has 1 atom stereocenters. The number of hydrogen-bond donors (Lipinski definition) is 0. The van der Waals surface area contributed by atoms with Crippen molar-refractivity contribution in [2.75, 3.05) is 52.4 Å². The van der Waals surface area contributed by atoms with Crippen LogP contribution in [-0.4, -0.2) is 88.9 Å². The third kappa shape index (κ3) is 4.49. The predicted molar refractivity (Wildman–Crippen MR) is 109 cm³/mol. The van der Waals surface area contributed by atoms with E-state index in [1.165, 1.54) is 0 Å². The summed E-state index contributed by atoms with van der Waals surface area (Å²) in [5, 5.41) is 3.23. The van der Waals surface area contributed by atoms with E-state index in [1.807, 2.05) is 21.6 Å². The Hall–Kier alpha value is -1.67. The van der Waals surface area contributed by atoms with E-state index in [2.05, 4.69) is 15.3 Å². The lowest BCUT2D eigenvalue weighted by Gasteiger charge is -2.39. The largest absolute Gasteiger partial charge is 0.340 e. The minimum atomic E-state index is -0.0342. The maximum atomic E-state index is 13.1. The topological polar surface area (TPSA) is 60.0 Å². The number of amides is 3. The average molecular weight is 406 g/mol. The average Bonchev–Trinajstić information content (AvgIpc) is 3.40. The van der Waals surface area contributed by atoms with Crippen LogP contribution >= 0.6 is 11.3 Å². The van der Waals surface area contributed by atoms with Gasteiger partial charge in [-0.25, -0.2) is 9.78 Å². The first-order valence-corrected chi connectivity index (χ1v) is 11.4. The van der Waals surface area contributed by atoms with Gasteiger partial charge in [0.25, 0.3) is 0 Å². The molecule has 0 aliphatic carbocycles. The SMILES string of the molecule is Cc1nc(CN2CCN(C(=O)C3CCCN(C(=O)N4CCCC4)C3)CC2)cs1. The molecule has 0 saturated carbocycles. The van der Waals surface area contributed by atoms with Crippen molar-refractivity contribution in [2.45, 2.75) is 39.2 Å². The quantitative estimate of drug-likeness (QED) is 0.772. The summed E-state index contributed by atoms with van der Waals surface area (Å²) in [6.07, 6.45) is 4.04. The summed E-state index contributed by atoms with van der Waals surface area (Å²) < 4.78 is 0. The van der Waals surface area contributed by atoms with Crippen molar-refractivity contribution in [3.63, 3.8) is 0 Å². The van der Waals surface area contributed by atoms with Crippen molar-refractivity contribution in [3.8, 4) is 0 Å². The first-order valence-electron chi connectivity index (χ1n) is 10.6. The molecule has 0 bridgehead atoms. The highest BCUT2D eigenvalue weighted by atomic mass is 32.1. The number of thiazole rings is 1. The molecule has 0 N–H and O–H groups in total. The number of piperazine rings is 1. The Morgan fingerprint density at radius 3 is 2.39 bits per heavy atom. The highest BCUT2D eigenvalue weighted by Crippen LogP contribution is 2.22. The molecule has 1 aromatic heterocycles. The van der Waals surface area contributed by atoms with Crippen molar-refractivity contribution < 1.29 is 9.59 Å². The molecule has 4 heterocycles. The molecule has 1 unspecified atom stereocenters. The minimum Gasteiger partial charge on any atom is -0.340 e. The highest BCUT2D eigenvalue weighted by molar-refractivity contribution is 7.09. The zero-order valence-corrected chi connectivity index (χ0v) is 17.6. The molecule has 3 fully saturated rings. The summed E-state index contributed by atoms with van der Waals surface area (Å²) in [5.74, 6) is 0.205. The summed E-state index contributed by atoms with van der Waals surface area (Å²) in [4.78, 5) is 38.5. The van der Waals surface area contributed by atoms with Gasteiger partial charge in [0.2, 0.25) is 5.91 Å². The predicted octanol–water partition coefficient (Wildman–Crippen LogP) is 2.02. The van der Waals surface area contributed by atoms with Crippen molar-refractivity contribution in [3.05, 3.63) is 16.1 Å². The monoisotopic (exact) mass is 405 g/mol. The molecule has 0 spiro atoms. The van der Waals surface area contributed by atoms with Crippen molar-refractivity contribution in [1.29, 1.82) is 0 Å². The molecule has 3 aliphatic rings. The molecule has 154 valence electrons. The zero-order chi connectivity index (χ0) is 19.5. The Balaban J connectivity index is 1.26. The molecule has 1 aromatic rings. The van der Waals surface area contributed by atoms with E-state index in [4.69, 9.17) is 0 Å². The number of aromatic nitrogens is 1. The molecule has 4 rings (SSSR count). The first kappa shape index (κ1) is 19.6. The number of carbonyl (C=O) groups excluding carboxylic acids is 2. The van der Waals surface area contributed by atoms with Crippen molar-refractivity contribution in [2.24, 2.45) is 5.92 Å². The van der Waals surface area contributed by atoms with Gasteiger partial charge in [0.15, 0.2) is 0 Å². The lowest BCUT2D eigenvalue weighted by atomic mass is 9.96. The number of aryl methyl sites for hydroxylation is 1. The summed E-state index contributed by atoms with van der Waals surface area (Å²) in [5.41, 5.74) is 1.13. The molecular weight excluding hydrogens is 374 g/mol. The Morgan fingerprint density at radius 1 is 1.00 bits per heavy atom. The van der Waals surface area contributed by atoms with Crippen LogP contribution in [0.5, 0.6) is 0 Å². The number of urea groups is 1. The first-order chi connectivity index (χ1) is 13.6. The maximum Gasteiger partial charge on any atom is 0.320 e. The third-order valence-corrected chi connectivity index (χ3v) is 6.98. The van der Waals surface area contributed by atoms with Crippen LogP contribution in [0, 0.1) is 12.8 Å². The number of likely N-dealkylation sites (tertiary alicyclic amines) is 2. The smallest absolute Gasteiger partial charge is 0.320 e. The van der Waals surface area contributed by atoms with E-state index in [1.54, 1.807) is 11.3 Å². The fourth-order valence-corrected chi connectivity index (χ4v) is 5.16. The molecule has 3 aliphatic heterocycles. The highest BCUT2D eigenvalue weighted by Gasteiger charge is 2.34. The van der Waals surface area contributed by atoms with Crippen LogP contribution in [0.2, 0.25) is 0 Å². The molecule has 3 amide bonds. The zero-order valence-electron chi connectivity index (χ0n) is 16.8.